The normalized spacial score (nSPS) is 18.2. The fourth-order valence-electron chi connectivity index (χ4n) is 1.97. The van der Waals surface area contributed by atoms with Crippen molar-refractivity contribution in [3.8, 4) is 5.75 Å². The van der Waals surface area contributed by atoms with Crippen LogP contribution in [-0.4, -0.2) is 38.7 Å². The van der Waals surface area contributed by atoms with Crippen LogP contribution in [0, 0.1) is 0 Å². The summed E-state index contributed by atoms with van der Waals surface area (Å²) in [6, 6.07) is 7.69. The van der Waals surface area contributed by atoms with E-state index in [4.69, 9.17) is 10.5 Å². The second-order valence-corrected chi connectivity index (χ2v) is 3.92. The third-order valence-corrected chi connectivity index (χ3v) is 2.80. The first-order valence-corrected chi connectivity index (χ1v) is 5.68. The number of benzene rings is 1. The first-order valence-electron chi connectivity index (χ1n) is 5.68. The Balaban J connectivity index is 2.26. The summed E-state index contributed by atoms with van der Waals surface area (Å²) in [7, 11) is 1.61. The number of fused-ring (bicyclic) bond motifs is 1. The average molecular weight is 235 g/mol. The smallest absolute Gasteiger partial charge is 0.262 e. The van der Waals surface area contributed by atoms with E-state index in [1.54, 1.807) is 7.05 Å². The van der Waals surface area contributed by atoms with E-state index in [9.17, 15) is 4.79 Å². The predicted molar refractivity (Wildman–Crippen MR) is 66.2 cm³/mol. The number of anilines is 1. The van der Waals surface area contributed by atoms with Crippen molar-refractivity contribution < 1.29 is 9.53 Å². The number of amides is 1. The van der Waals surface area contributed by atoms with Gasteiger partial charge in [-0.1, -0.05) is 12.1 Å². The lowest BCUT2D eigenvalue weighted by Gasteiger charge is -2.35. The van der Waals surface area contributed by atoms with Crippen LogP contribution in [0.5, 0.6) is 5.75 Å². The lowest BCUT2D eigenvalue weighted by Crippen LogP contribution is -2.49. The van der Waals surface area contributed by atoms with E-state index in [2.05, 4.69) is 10.2 Å². The predicted octanol–water partition coefficient (Wildman–Crippen LogP) is -0.0413. The van der Waals surface area contributed by atoms with Crippen molar-refractivity contribution in [3.05, 3.63) is 24.3 Å². The Bertz CT molecular complexity index is 408. The van der Waals surface area contributed by atoms with Gasteiger partial charge in [-0.15, -0.1) is 0 Å². The Kier molecular flexibility index (Phi) is 3.49. The van der Waals surface area contributed by atoms with Gasteiger partial charge >= 0.3 is 0 Å². The molecule has 1 heterocycles. The molecule has 0 saturated carbocycles. The highest BCUT2D eigenvalue weighted by molar-refractivity contribution is 5.83. The van der Waals surface area contributed by atoms with Crippen molar-refractivity contribution in [1.82, 2.24) is 5.32 Å². The van der Waals surface area contributed by atoms with E-state index in [-0.39, 0.29) is 5.91 Å². The van der Waals surface area contributed by atoms with Crippen molar-refractivity contribution in [2.24, 2.45) is 5.73 Å². The summed E-state index contributed by atoms with van der Waals surface area (Å²) >= 11 is 0. The third kappa shape index (κ3) is 2.34. The summed E-state index contributed by atoms with van der Waals surface area (Å²) in [5.41, 5.74) is 6.59. The molecule has 1 atom stereocenters. The van der Waals surface area contributed by atoms with Crippen molar-refractivity contribution in [1.29, 1.82) is 0 Å². The molecule has 0 aromatic heterocycles. The van der Waals surface area contributed by atoms with E-state index < -0.39 is 6.10 Å². The molecule has 0 aliphatic carbocycles. The van der Waals surface area contributed by atoms with Crippen LogP contribution in [0.1, 0.15) is 0 Å². The van der Waals surface area contributed by atoms with E-state index >= 15 is 0 Å². The molecule has 2 rings (SSSR count). The maximum Gasteiger partial charge on any atom is 0.262 e. The van der Waals surface area contributed by atoms with Gasteiger partial charge in [0.25, 0.3) is 5.91 Å². The van der Waals surface area contributed by atoms with Gasteiger partial charge in [0, 0.05) is 20.1 Å². The Labute approximate surface area is 101 Å². The van der Waals surface area contributed by atoms with Crippen molar-refractivity contribution >= 4 is 11.6 Å². The van der Waals surface area contributed by atoms with Crippen LogP contribution in [0.15, 0.2) is 24.3 Å². The van der Waals surface area contributed by atoms with Crippen LogP contribution in [0.3, 0.4) is 0 Å². The van der Waals surface area contributed by atoms with E-state index in [1.165, 1.54) is 0 Å². The zero-order valence-electron chi connectivity index (χ0n) is 9.85. The van der Waals surface area contributed by atoms with Crippen LogP contribution in [-0.2, 0) is 4.79 Å². The largest absolute Gasteiger partial charge is 0.477 e. The Morgan fingerprint density at radius 1 is 1.59 bits per heavy atom. The molecule has 1 aromatic carbocycles. The summed E-state index contributed by atoms with van der Waals surface area (Å²) in [4.78, 5) is 13.7. The number of nitrogens with two attached hydrogens (primary N) is 1. The zero-order chi connectivity index (χ0) is 12.3. The fraction of sp³-hybridized carbons (Fsp3) is 0.417. The molecular formula is C12H17N3O2. The van der Waals surface area contributed by atoms with E-state index in [0.29, 0.717) is 19.6 Å². The molecule has 92 valence electrons. The van der Waals surface area contributed by atoms with Crippen LogP contribution < -0.4 is 20.7 Å². The molecule has 17 heavy (non-hydrogen) atoms. The molecule has 0 radical (unpaired) electrons. The van der Waals surface area contributed by atoms with Gasteiger partial charge in [0.15, 0.2) is 6.10 Å². The maximum atomic E-state index is 11.6. The quantitative estimate of drug-likeness (QED) is 0.771. The van der Waals surface area contributed by atoms with Gasteiger partial charge in [-0.25, -0.2) is 0 Å². The summed E-state index contributed by atoms with van der Waals surface area (Å²) in [6.07, 6.45) is -0.471. The van der Waals surface area contributed by atoms with E-state index in [1.807, 2.05) is 24.3 Å². The number of ether oxygens (including phenoxy) is 1. The second-order valence-electron chi connectivity index (χ2n) is 3.92. The average Bonchev–Trinajstić information content (AvgIpc) is 2.38. The summed E-state index contributed by atoms with van der Waals surface area (Å²) < 4.78 is 5.67. The van der Waals surface area contributed by atoms with Gasteiger partial charge in [0.05, 0.1) is 12.2 Å². The number of nitrogens with zero attached hydrogens (tertiary/aromatic N) is 1. The molecule has 1 amide bonds. The SMILES string of the molecule is CNC(=O)C1CN(CCN)c2ccccc2O1. The summed E-state index contributed by atoms with van der Waals surface area (Å²) in [6.45, 7) is 1.80. The van der Waals surface area contributed by atoms with Gasteiger partial charge in [0.1, 0.15) is 5.75 Å². The highest BCUT2D eigenvalue weighted by atomic mass is 16.5. The Morgan fingerprint density at radius 3 is 3.06 bits per heavy atom. The van der Waals surface area contributed by atoms with Crippen molar-refractivity contribution in [2.45, 2.75) is 6.10 Å². The van der Waals surface area contributed by atoms with Gasteiger partial charge in [-0.05, 0) is 12.1 Å². The fourth-order valence-corrected chi connectivity index (χ4v) is 1.97. The van der Waals surface area contributed by atoms with Crippen LogP contribution in [0.25, 0.3) is 0 Å². The Morgan fingerprint density at radius 2 is 2.35 bits per heavy atom. The standard InChI is InChI=1S/C12H17N3O2/c1-14-12(16)11-8-15(7-6-13)9-4-2-3-5-10(9)17-11/h2-5,11H,6-8,13H2,1H3,(H,14,16). The van der Waals surface area contributed by atoms with Crippen LogP contribution in [0.2, 0.25) is 0 Å². The maximum absolute atomic E-state index is 11.6. The lowest BCUT2D eigenvalue weighted by atomic mass is 10.2. The number of carbonyl (C=O) groups excluding carboxylic acids is 1. The first-order chi connectivity index (χ1) is 8.26. The number of nitrogens with one attached hydrogen (secondary N) is 1. The topological polar surface area (TPSA) is 67.6 Å². The molecule has 1 aromatic rings. The minimum absolute atomic E-state index is 0.110. The van der Waals surface area contributed by atoms with Crippen LogP contribution >= 0.6 is 0 Å². The first kappa shape index (κ1) is 11.7. The number of rotatable bonds is 3. The van der Waals surface area contributed by atoms with Crippen molar-refractivity contribution in [2.75, 3.05) is 31.6 Å². The van der Waals surface area contributed by atoms with Crippen LogP contribution in [0.4, 0.5) is 5.69 Å². The lowest BCUT2D eigenvalue weighted by molar-refractivity contribution is -0.127. The molecule has 3 N–H and O–H groups in total. The molecule has 1 aliphatic heterocycles. The monoisotopic (exact) mass is 235 g/mol. The number of para-hydroxylation sites is 2. The molecule has 5 nitrogen and oxygen atoms in total. The van der Waals surface area contributed by atoms with Gasteiger partial charge in [-0.3, -0.25) is 4.79 Å². The highest BCUT2D eigenvalue weighted by Crippen LogP contribution is 2.32. The minimum atomic E-state index is -0.471. The van der Waals surface area contributed by atoms with Gasteiger partial charge < -0.3 is 20.7 Å². The highest BCUT2D eigenvalue weighted by Gasteiger charge is 2.29. The number of hydrogen-bond donors (Lipinski definition) is 2. The Hall–Kier alpha value is -1.75. The second kappa shape index (κ2) is 5.05. The summed E-state index contributed by atoms with van der Waals surface area (Å²) in [5.74, 6) is 0.627. The molecule has 1 unspecified atom stereocenters. The summed E-state index contributed by atoms with van der Waals surface area (Å²) in [5, 5.41) is 2.61. The number of hydrogen-bond acceptors (Lipinski definition) is 4. The van der Waals surface area contributed by atoms with Crippen molar-refractivity contribution in [3.63, 3.8) is 0 Å². The molecule has 0 fully saturated rings. The number of carbonyl (C=O) groups is 1. The van der Waals surface area contributed by atoms with Gasteiger partial charge in [0.2, 0.25) is 0 Å². The molecule has 0 bridgehead atoms. The molecule has 5 heteroatoms. The minimum Gasteiger partial charge on any atom is -0.477 e. The molecule has 0 saturated heterocycles. The number of likely N-dealkylation sites (N-methyl/N-ethyl adjacent to an activating group) is 1. The zero-order valence-corrected chi connectivity index (χ0v) is 9.85. The molecule has 0 spiro atoms. The van der Waals surface area contributed by atoms with E-state index in [0.717, 1.165) is 11.4 Å². The third-order valence-electron chi connectivity index (χ3n) is 2.80. The molecule has 1 aliphatic rings. The van der Waals surface area contributed by atoms with Gasteiger partial charge in [-0.2, -0.15) is 0 Å². The molecular weight excluding hydrogens is 218 g/mol.